The zero-order valence-electron chi connectivity index (χ0n) is 6.69. The van der Waals surface area contributed by atoms with Gasteiger partial charge in [-0.1, -0.05) is 0 Å². The molecule has 0 radical (unpaired) electrons. The van der Waals surface area contributed by atoms with E-state index in [-0.39, 0.29) is 0 Å². The maximum atomic E-state index is 4.17. The van der Waals surface area contributed by atoms with Gasteiger partial charge in [0.25, 0.3) is 0 Å². The first-order valence-corrected chi connectivity index (χ1v) is 4.40. The number of anilines is 1. The molecule has 0 bridgehead atoms. The lowest BCUT2D eigenvalue weighted by atomic mass is 10.3. The standard InChI is InChI=1S/C8H11BrN2/c1-3-10-8-7(9)6(2)4-5-11-8/h4-5H,3H2,1-2H3,(H,10,11). The van der Waals surface area contributed by atoms with Gasteiger partial charge in [0.15, 0.2) is 0 Å². The molecule has 0 amide bonds. The Bertz CT molecular complexity index is 248. The molecule has 0 saturated heterocycles. The van der Waals surface area contributed by atoms with Gasteiger partial charge in [0.1, 0.15) is 5.82 Å². The average Bonchev–Trinajstić information content (AvgIpc) is 1.99. The van der Waals surface area contributed by atoms with Crippen molar-refractivity contribution < 1.29 is 0 Å². The van der Waals surface area contributed by atoms with Crippen molar-refractivity contribution in [2.45, 2.75) is 13.8 Å². The number of rotatable bonds is 2. The zero-order valence-corrected chi connectivity index (χ0v) is 8.27. The number of aryl methyl sites for hydroxylation is 1. The Labute approximate surface area is 75.2 Å². The molecule has 0 saturated carbocycles. The lowest BCUT2D eigenvalue weighted by Gasteiger charge is -2.05. The highest BCUT2D eigenvalue weighted by molar-refractivity contribution is 9.10. The van der Waals surface area contributed by atoms with Crippen LogP contribution in [0, 0.1) is 6.92 Å². The van der Waals surface area contributed by atoms with Crippen molar-refractivity contribution in [1.29, 1.82) is 0 Å². The maximum Gasteiger partial charge on any atom is 0.140 e. The number of hydrogen-bond donors (Lipinski definition) is 1. The van der Waals surface area contributed by atoms with E-state index in [4.69, 9.17) is 0 Å². The van der Waals surface area contributed by atoms with Gasteiger partial charge in [-0.3, -0.25) is 0 Å². The van der Waals surface area contributed by atoms with Crippen LogP contribution in [0.3, 0.4) is 0 Å². The molecule has 0 unspecified atom stereocenters. The summed E-state index contributed by atoms with van der Waals surface area (Å²) >= 11 is 3.46. The van der Waals surface area contributed by atoms with E-state index in [0.717, 1.165) is 16.8 Å². The van der Waals surface area contributed by atoms with E-state index in [0.29, 0.717) is 0 Å². The van der Waals surface area contributed by atoms with E-state index < -0.39 is 0 Å². The Morgan fingerprint density at radius 2 is 2.36 bits per heavy atom. The number of nitrogens with zero attached hydrogens (tertiary/aromatic N) is 1. The molecule has 1 N–H and O–H groups in total. The third kappa shape index (κ3) is 1.93. The second-order valence-corrected chi connectivity index (χ2v) is 3.11. The minimum absolute atomic E-state index is 0.898. The largest absolute Gasteiger partial charge is 0.369 e. The van der Waals surface area contributed by atoms with Crippen molar-refractivity contribution in [3.63, 3.8) is 0 Å². The summed E-state index contributed by atoms with van der Waals surface area (Å²) in [6.07, 6.45) is 1.80. The van der Waals surface area contributed by atoms with Crippen LogP contribution in [0.25, 0.3) is 0 Å². The molecule has 1 aromatic rings. The Balaban J connectivity index is 2.96. The molecule has 11 heavy (non-hydrogen) atoms. The third-order valence-electron chi connectivity index (χ3n) is 1.43. The van der Waals surface area contributed by atoms with Crippen LogP contribution in [0.2, 0.25) is 0 Å². The minimum atomic E-state index is 0.898. The van der Waals surface area contributed by atoms with Gasteiger partial charge in [0.2, 0.25) is 0 Å². The number of hydrogen-bond acceptors (Lipinski definition) is 2. The molecule has 0 atom stereocenters. The molecule has 60 valence electrons. The molecular weight excluding hydrogens is 204 g/mol. The summed E-state index contributed by atoms with van der Waals surface area (Å²) in [6, 6.07) is 1.98. The molecule has 2 nitrogen and oxygen atoms in total. The first-order chi connectivity index (χ1) is 5.25. The lowest BCUT2D eigenvalue weighted by molar-refractivity contribution is 1.14. The second-order valence-electron chi connectivity index (χ2n) is 2.32. The summed E-state index contributed by atoms with van der Waals surface area (Å²) in [5.74, 6) is 0.924. The monoisotopic (exact) mass is 214 g/mol. The van der Waals surface area contributed by atoms with Crippen LogP contribution in [0.15, 0.2) is 16.7 Å². The Morgan fingerprint density at radius 1 is 1.64 bits per heavy atom. The molecule has 0 spiro atoms. The molecule has 0 aliphatic heterocycles. The van der Waals surface area contributed by atoms with E-state index in [1.807, 2.05) is 13.0 Å². The molecule has 0 aromatic carbocycles. The first-order valence-electron chi connectivity index (χ1n) is 3.60. The van der Waals surface area contributed by atoms with Crippen molar-refractivity contribution in [2.24, 2.45) is 0 Å². The third-order valence-corrected chi connectivity index (χ3v) is 2.43. The quantitative estimate of drug-likeness (QED) is 0.820. The summed E-state index contributed by atoms with van der Waals surface area (Å²) in [4.78, 5) is 4.17. The van der Waals surface area contributed by atoms with Gasteiger partial charge in [-0.2, -0.15) is 0 Å². The molecule has 3 heteroatoms. The van der Waals surface area contributed by atoms with Crippen molar-refractivity contribution in [1.82, 2.24) is 4.98 Å². The van der Waals surface area contributed by atoms with Crippen LogP contribution in [-0.4, -0.2) is 11.5 Å². The van der Waals surface area contributed by atoms with Gasteiger partial charge in [0, 0.05) is 12.7 Å². The molecule has 0 aliphatic carbocycles. The van der Waals surface area contributed by atoms with Gasteiger partial charge < -0.3 is 5.32 Å². The highest BCUT2D eigenvalue weighted by atomic mass is 79.9. The summed E-state index contributed by atoms with van der Waals surface area (Å²) in [5, 5.41) is 3.16. The van der Waals surface area contributed by atoms with Gasteiger partial charge in [-0.15, -0.1) is 0 Å². The highest BCUT2D eigenvalue weighted by Crippen LogP contribution is 2.22. The molecule has 1 rings (SSSR count). The lowest BCUT2D eigenvalue weighted by Crippen LogP contribution is -2.00. The van der Waals surface area contributed by atoms with Crippen LogP contribution in [-0.2, 0) is 0 Å². The van der Waals surface area contributed by atoms with Gasteiger partial charge in [0.05, 0.1) is 4.47 Å². The zero-order chi connectivity index (χ0) is 8.27. The fourth-order valence-corrected chi connectivity index (χ4v) is 1.21. The van der Waals surface area contributed by atoms with Gasteiger partial charge in [-0.05, 0) is 41.4 Å². The van der Waals surface area contributed by atoms with Crippen molar-refractivity contribution in [3.05, 3.63) is 22.3 Å². The minimum Gasteiger partial charge on any atom is -0.369 e. The highest BCUT2D eigenvalue weighted by Gasteiger charge is 2.00. The summed E-state index contributed by atoms with van der Waals surface area (Å²) < 4.78 is 1.06. The van der Waals surface area contributed by atoms with Crippen LogP contribution in [0.4, 0.5) is 5.82 Å². The van der Waals surface area contributed by atoms with Crippen LogP contribution in [0.5, 0.6) is 0 Å². The number of pyridine rings is 1. The fourth-order valence-electron chi connectivity index (χ4n) is 0.831. The number of halogens is 1. The number of nitrogens with one attached hydrogen (secondary N) is 1. The van der Waals surface area contributed by atoms with Crippen molar-refractivity contribution in [3.8, 4) is 0 Å². The fraction of sp³-hybridized carbons (Fsp3) is 0.375. The summed E-state index contributed by atoms with van der Waals surface area (Å²) in [5.41, 5.74) is 1.20. The Kier molecular flexibility index (Phi) is 2.88. The molecule has 0 fully saturated rings. The van der Waals surface area contributed by atoms with E-state index in [1.54, 1.807) is 6.20 Å². The van der Waals surface area contributed by atoms with E-state index in [2.05, 4.69) is 33.2 Å². The predicted octanol–water partition coefficient (Wildman–Crippen LogP) is 2.58. The van der Waals surface area contributed by atoms with E-state index in [1.165, 1.54) is 5.56 Å². The Hall–Kier alpha value is -0.570. The SMILES string of the molecule is CCNc1nccc(C)c1Br. The van der Waals surface area contributed by atoms with Crippen molar-refractivity contribution in [2.75, 3.05) is 11.9 Å². The van der Waals surface area contributed by atoms with Gasteiger partial charge >= 0.3 is 0 Å². The molecule has 1 aromatic heterocycles. The second kappa shape index (κ2) is 3.72. The van der Waals surface area contributed by atoms with Crippen LogP contribution in [0.1, 0.15) is 12.5 Å². The van der Waals surface area contributed by atoms with Gasteiger partial charge in [-0.25, -0.2) is 4.98 Å². The predicted molar refractivity (Wildman–Crippen MR) is 50.8 cm³/mol. The Morgan fingerprint density at radius 3 is 3.00 bits per heavy atom. The van der Waals surface area contributed by atoms with Crippen molar-refractivity contribution >= 4 is 21.7 Å². The maximum absolute atomic E-state index is 4.17. The molecular formula is C8H11BrN2. The molecule has 0 aliphatic rings. The average molecular weight is 215 g/mol. The van der Waals surface area contributed by atoms with E-state index >= 15 is 0 Å². The summed E-state index contributed by atoms with van der Waals surface area (Å²) in [6.45, 7) is 5.00. The smallest absolute Gasteiger partial charge is 0.140 e. The van der Waals surface area contributed by atoms with E-state index in [9.17, 15) is 0 Å². The first kappa shape index (κ1) is 8.53. The van der Waals surface area contributed by atoms with Crippen LogP contribution >= 0.6 is 15.9 Å². The van der Waals surface area contributed by atoms with Crippen LogP contribution < -0.4 is 5.32 Å². The molecule has 1 heterocycles. The summed E-state index contributed by atoms with van der Waals surface area (Å²) in [7, 11) is 0. The number of aromatic nitrogens is 1. The normalized spacial score (nSPS) is 9.73. The topological polar surface area (TPSA) is 24.9 Å².